The van der Waals surface area contributed by atoms with Gasteiger partial charge in [0, 0.05) is 13.2 Å². The molecule has 0 aliphatic heterocycles. The van der Waals surface area contributed by atoms with Gasteiger partial charge in [0.2, 0.25) is 5.76 Å². The van der Waals surface area contributed by atoms with Crippen molar-refractivity contribution in [1.29, 1.82) is 0 Å². The van der Waals surface area contributed by atoms with E-state index in [9.17, 15) is 4.79 Å². The van der Waals surface area contributed by atoms with Crippen molar-refractivity contribution in [3.8, 4) is 5.75 Å². The van der Waals surface area contributed by atoms with E-state index in [1.807, 2.05) is 38.2 Å². The molecule has 2 aromatic heterocycles. The Hall–Kier alpha value is -3.09. The minimum Gasteiger partial charge on any atom is -0.497 e. The van der Waals surface area contributed by atoms with Gasteiger partial charge in [0.1, 0.15) is 5.75 Å². The van der Waals surface area contributed by atoms with Crippen molar-refractivity contribution in [2.24, 2.45) is 7.05 Å². The molecule has 0 aliphatic carbocycles. The maximum Gasteiger partial charge on any atom is 0.296 e. The molecule has 0 unspecified atom stereocenters. The lowest BCUT2D eigenvalue weighted by Crippen LogP contribution is -2.33. The number of aromatic nitrogens is 3. The van der Waals surface area contributed by atoms with E-state index in [1.165, 1.54) is 6.39 Å². The SMILES string of the molecule is COc1cccc([C@@H](C)N(C(=O)c2ocnc2C)c2cnn(C)c2)c1. The molecule has 1 amide bonds. The van der Waals surface area contributed by atoms with E-state index in [0.29, 0.717) is 11.4 Å². The Morgan fingerprint density at radius 2 is 2.20 bits per heavy atom. The number of ether oxygens (including phenoxy) is 1. The summed E-state index contributed by atoms with van der Waals surface area (Å²) in [7, 11) is 3.42. The fraction of sp³-hybridized carbons (Fsp3) is 0.278. The second kappa shape index (κ2) is 6.80. The molecule has 7 heteroatoms. The van der Waals surface area contributed by atoms with Crippen molar-refractivity contribution in [2.45, 2.75) is 19.9 Å². The van der Waals surface area contributed by atoms with Crippen LogP contribution in [-0.2, 0) is 7.05 Å². The van der Waals surface area contributed by atoms with Gasteiger partial charge in [0.15, 0.2) is 6.39 Å². The van der Waals surface area contributed by atoms with Crippen molar-refractivity contribution < 1.29 is 13.9 Å². The summed E-state index contributed by atoms with van der Waals surface area (Å²) in [6.45, 7) is 3.69. The molecule has 0 spiro atoms. The molecule has 3 aromatic rings. The van der Waals surface area contributed by atoms with Crippen LogP contribution in [0.15, 0.2) is 47.5 Å². The van der Waals surface area contributed by atoms with Crippen LogP contribution in [0.3, 0.4) is 0 Å². The Bertz CT molecular complexity index is 884. The number of methoxy groups -OCH3 is 1. The van der Waals surface area contributed by atoms with Crippen molar-refractivity contribution in [1.82, 2.24) is 14.8 Å². The maximum atomic E-state index is 13.1. The Labute approximate surface area is 145 Å². The summed E-state index contributed by atoms with van der Waals surface area (Å²) in [6.07, 6.45) is 4.72. The van der Waals surface area contributed by atoms with Crippen LogP contribution in [0, 0.1) is 6.92 Å². The van der Waals surface area contributed by atoms with E-state index in [4.69, 9.17) is 9.15 Å². The normalized spacial score (nSPS) is 12.0. The average molecular weight is 340 g/mol. The minimum atomic E-state index is -0.265. The van der Waals surface area contributed by atoms with Gasteiger partial charge < -0.3 is 9.15 Å². The van der Waals surface area contributed by atoms with Gasteiger partial charge >= 0.3 is 0 Å². The Morgan fingerprint density at radius 1 is 1.40 bits per heavy atom. The highest BCUT2D eigenvalue weighted by Crippen LogP contribution is 2.30. The van der Waals surface area contributed by atoms with Crippen molar-refractivity contribution in [3.05, 3.63) is 60.1 Å². The molecule has 0 N–H and O–H groups in total. The first-order valence-electron chi connectivity index (χ1n) is 7.87. The standard InChI is InChI=1S/C18H20N4O3/c1-12-17(25-11-19-12)18(23)22(15-9-20-21(3)10-15)13(2)14-6-5-7-16(8-14)24-4/h5-11,13H,1-4H3/t13-/m1/s1. The van der Waals surface area contributed by atoms with Gasteiger partial charge in [-0.2, -0.15) is 5.10 Å². The van der Waals surface area contributed by atoms with E-state index in [1.54, 1.807) is 36.0 Å². The van der Waals surface area contributed by atoms with Gasteiger partial charge in [0.25, 0.3) is 5.91 Å². The molecule has 25 heavy (non-hydrogen) atoms. The molecule has 0 aliphatic rings. The van der Waals surface area contributed by atoms with Crippen molar-refractivity contribution >= 4 is 11.6 Å². The number of amides is 1. The lowest BCUT2D eigenvalue weighted by atomic mass is 10.1. The van der Waals surface area contributed by atoms with Gasteiger partial charge in [0.05, 0.1) is 30.7 Å². The van der Waals surface area contributed by atoms with Crippen LogP contribution in [0.25, 0.3) is 0 Å². The molecule has 3 rings (SSSR count). The lowest BCUT2D eigenvalue weighted by molar-refractivity contribution is 0.0950. The molecule has 0 saturated heterocycles. The number of oxazole rings is 1. The van der Waals surface area contributed by atoms with Gasteiger partial charge in [-0.3, -0.25) is 14.4 Å². The Balaban J connectivity index is 2.04. The number of hydrogen-bond acceptors (Lipinski definition) is 5. The van der Waals surface area contributed by atoms with Crippen LogP contribution in [0.5, 0.6) is 5.75 Å². The first-order chi connectivity index (χ1) is 12.0. The lowest BCUT2D eigenvalue weighted by Gasteiger charge is -2.28. The summed E-state index contributed by atoms with van der Waals surface area (Å²) in [5, 5.41) is 4.19. The predicted octanol–water partition coefficient (Wildman–Crippen LogP) is 3.13. The fourth-order valence-electron chi connectivity index (χ4n) is 2.72. The third kappa shape index (κ3) is 3.26. The molecule has 0 saturated carbocycles. The second-order valence-corrected chi connectivity index (χ2v) is 5.77. The highest BCUT2D eigenvalue weighted by molar-refractivity contribution is 6.05. The smallest absolute Gasteiger partial charge is 0.296 e. The van der Waals surface area contributed by atoms with Gasteiger partial charge in [-0.1, -0.05) is 12.1 Å². The predicted molar refractivity (Wildman–Crippen MR) is 92.7 cm³/mol. The average Bonchev–Trinajstić information content (AvgIpc) is 3.23. The number of hydrogen-bond donors (Lipinski definition) is 0. The summed E-state index contributed by atoms with van der Waals surface area (Å²) in [4.78, 5) is 18.8. The summed E-state index contributed by atoms with van der Waals surface area (Å²) in [6, 6.07) is 7.38. The monoisotopic (exact) mass is 340 g/mol. The third-order valence-corrected chi connectivity index (χ3v) is 4.09. The first kappa shape index (κ1) is 16.8. The topological polar surface area (TPSA) is 73.4 Å². The Kier molecular flexibility index (Phi) is 4.56. The number of benzene rings is 1. The number of anilines is 1. The van der Waals surface area contributed by atoms with Crippen LogP contribution in [0.4, 0.5) is 5.69 Å². The van der Waals surface area contributed by atoms with E-state index >= 15 is 0 Å². The zero-order chi connectivity index (χ0) is 18.0. The highest BCUT2D eigenvalue weighted by Gasteiger charge is 2.29. The van der Waals surface area contributed by atoms with Crippen LogP contribution in [0.2, 0.25) is 0 Å². The Morgan fingerprint density at radius 3 is 2.80 bits per heavy atom. The van der Waals surface area contributed by atoms with Crippen LogP contribution in [-0.4, -0.2) is 27.8 Å². The molecule has 7 nitrogen and oxygen atoms in total. The molecular weight excluding hydrogens is 320 g/mol. The molecule has 130 valence electrons. The molecule has 0 bridgehead atoms. The summed E-state index contributed by atoms with van der Waals surface area (Å²) in [5.74, 6) is 0.690. The van der Waals surface area contributed by atoms with Gasteiger partial charge in [-0.25, -0.2) is 4.98 Å². The van der Waals surface area contributed by atoms with E-state index < -0.39 is 0 Å². The van der Waals surface area contributed by atoms with Gasteiger partial charge in [-0.05, 0) is 31.5 Å². The molecule has 0 radical (unpaired) electrons. The zero-order valence-electron chi connectivity index (χ0n) is 14.6. The van der Waals surface area contributed by atoms with Crippen molar-refractivity contribution in [3.63, 3.8) is 0 Å². The first-order valence-corrected chi connectivity index (χ1v) is 7.87. The van der Waals surface area contributed by atoms with E-state index in [2.05, 4.69) is 10.1 Å². The quantitative estimate of drug-likeness (QED) is 0.713. The summed E-state index contributed by atoms with van der Waals surface area (Å²) < 4.78 is 12.3. The van der Waals surface area contributed by atoms with Gasteiger partial charge in [-0.15, -0.1) is 0 Å². The van der Waals surface area contributed by atoms with Crippen LogP contribution in [0.1, 0.15) is 34.8 Å². The minimum absolute atomic E-state index is 0.221. The summed E-state index contributed by atoms with van der Waals surface area (Å²) >= 11 is 0. The number of carbonyl (C=O) groups excluding carboxylic acids is 1. The van der Waals surface area contributed by atoms with Crippen molar-refractivity contribution in [2.75, 3.05) is 12.0 Å². The molecule has 2 heterocycles. The number of carbonyl (C=O) groups is 1. The second-order valence-electron chi connectivity index (χ2n) is 5.77. The molecular formula is C18H20N4O3. The maximum absolute atomic E-state index is 13.1. The largest absolute Gasteiger partial charge is 0.497 e. The van der Waals surface area contributed by atoms with E-state index in [-0.39, 0.29) is 17.7 Å². The fourth-order valence-corrected chi connectivity index (χ4v) is 2.72. The molecule has 1 atom stereocenters. The van der Waals surface area contributed by atoms with Crippen LogP contribution >= 0.6 is 0 Å². The number of nitrogens with zero attached hydrogens (tertiary/aromatic N) is 4. The van der Waals surface area contributed by atoms with Crippen LogP contribution < -0.4 is 9.64 Å². The number of rotatable bonds is 5. The highest BCUT2D eigenvalue weighted by atomic mass is 16.5. The van der Waals surface area contributed by atoms with E-state index in [0.717, 1.165) is 11.3 Å². The third-order valence-electron chi connectivity index (χ3n) is 4.09. The molecule has 1 aromatic carbocycles. The summed E-state index contributed by atoms with van der Waals surface area (Å²) in [5.41, 5.74) is 2.17. The number of aryl methyl sites for hydroxylation is 2. The zero-order valence-corrected chi connectivity index (χ0v) is 14.6. The molecule has 0 fully saturated rings.